The van der Waals surface area contributed by atoms with Gasteiger partial charge in [0.15, 0.2) is 0 Å². The van der Waals surface area contributed by atoms with Gasteiger partial charge >= 0.3 is 0 Å². The second-order valence-electron chi connectivity index (χ2n) is 4.23. The van der Waals surface area contributed by atoms with E-state index in [0.717, 1.165) is 5.39 Å². The largest absolute Gasteiger partial charge is 0.347 e. The van der Waals surface area contributed by atoms with E-state index in [2.05, 4.69) is 20.3 Å². The van der Waals surface area contributed by atoms with Gasteiger partial charge in [0.1, 0.15) is 11.0 Å². The molecule has 0 aliphatic carbocycles. The fourth-order valence-corrected chi connectivity index (χ4v) is 2.18. The third kappa shape index (κ3) is 2.48. The van der Waals surface area contributed by atoms with Crippen molar-refractivity contribution in [3.63, 3.8) is 0 Å². The number of benzene rings is 1. The Hall–Kier alpha value is -2.40. The first-order valence-corrected chi connectivity index (χ1v) is 6.43. The predicted molar refractivity (Wildman–Crippen MR) is 76.5 cm³/mol. The number of imidazole rings is 1. The Labute approximate surface area is 120 Å². The van der Waals surface area contributed by atoms with Crippen molar-refractivity contribution >= 4 is 28.4 Å². The Morgan fingerprint density at radius 2 is 2.20 bits per heavy atom. The van der Waals surface area contributed by atoms with Crippen molar-refractivity contribution in [1.82, 2.24) is 20.3 Å². The molecule has 1 amide bonds. The van der Waals surface area contributed by atoms with Crippen molar-refractivity contribution in [2.45, 2.75) is 6.54 Å². The molecule has 0 spiro atoms. The zero-order valence-electron chi connectivity index (χ0n) is 10.4. The number of nitrogens with zero attached hydrogens (tertiary/aromatic N) is 2. The van der Waals surface area contributed by atoms with Crippen molar-refractivity contribution in [2.24, 2.45) is 0 Å². The molecule has 0 atom stereocenters. The molecular formula is C14H11ClN4O. The summed E-state index contributed by atoms with van der Waals surface area (Å²) in [6.45, 7) is 0.333. The highest BCUT2D eigenvalue weighted by Gasteiger charge is 2.12. The van der Waals surface area contributed by atoms with Gasteiger partial charge in [0.2, 0.25) is 0 Å². The van der Waals surface area contributed by atoms with Crippen LogP contribution in [0.25, 0.3) is 10.9 Å². The van der Waals surface area contributed by atoms with Crippen molar-refractivity contribution in [1.29, 1.82) is 0 Å². The average Bonchev–Trinajstić information content (AvgIpc) is 2.97. The number of H-pyrrole nitrogens is 1. The van der Waals surface area contributed by atoms with Crippen LogP contribution in [-0.2, 0) is 6.54 Å². The number of hydrogen-bond donors (Lipinski definition) is 2. The number of nitrogens with one attached hydrogen (secondary N) is 2. The quantitative estimate of drug-likeness (QED) is 0.727. The summed E-state index contributed by atoms with van der Waals surface area (Å²) >= 11 is 5.96. The van der Waals surface area contributed by atoms with E-state index >= 15 is 0 Å². The molecule has 100 valence electrons. The van der Waals surface area contributed by atoms with Crippen molar-refractivity contribution in [3.05, 3.63) is 59.3 Å². The first kappa shape index (κ1) is 12.6. The number of aromatic amines is 1. The number of hydrogen-bond acceptors (Lipinski definition) is 3. The second kappa shape index (κ2) is 5.30. The van der Waals surface area contributed by atoms with E-state index in [0.29, 0.717) is 28.6 Å². The fourth-order valence-electron chi connectivity index (χ4n) is 1.98. The number of amides is 1. The van der Waals surface area contributed by atoms with E-state index < -0.39 is 0 Å². The lowest BCUT2D eigenvalue weighted by atomic mass is 10.1. The smallest absolute Gasteiger partial charge is 0.252 e. The van der Waals surface area contributed by atoms with E-state index in [1.54, 1.807) is 18.5 Å². The Balaban J connectivity index is 1.90. The minimum atomic E-state index is -0.207. The van der Waals surface area contributed by atoms with Gasteiger partial charge in [0, 0.05) is 17.8 Å². The summed E-state index contributed by atoms with van der Waals surface area (Å²) < 4.78 is 0. The van der Waals surface area contributed by atoms with Crippen molar-refractivity contribution < 1.29 is 4.79 Å². The van der Waals surface area contributed by atoms with Gasteiger partial charge in [-0.2, -0.15) is 0 Å². The molecule has 0 saturated carbocycles. The zero-order valence-corrected chi connectivity index (χ0v) is 11.2. The standard InChI is InChI=1S/C14H11ClN4O/c15-12-7-10(9-3-1-2-4-11(9)19-12)14(20)18-8-13-16-5-6-17-13/h1-7H,8H2,(H,16,17)(H,18,20). The Bertz CT molecular complexity index is 755. The minimum absolute atomic E-state index is 0.207. The van der Waals surface area contributed by atoms with Crippen LogP contribution in [0, 0.1) is 0 Å². The van der Waals surface area contributed by atoms with Crippen LogP contribution in [0.5, 0.6) is 0 Å². The first-order valence-electron chi connectivity index (χ1n) is 6.06. The molecule has 0 saturated heterocycles. The summed E-state index contributed by atoms with van der Waals surface area (Å²) in [5.74, 6) is 0.490. The van der Waals surface area contributed by atoms with E-state index in [4.69, 9.17) is 11.6 Å². The summed E-state index contributed by atoms with van der Waals surface area (Å²) in [6, 6.07) is 8.96. The number of para-hydroxylation sites is 1. The maximum Gasteiger partial charge on any atom is 0.252 e. The molecule has 0 fully saturated rings. The van der Waals surface area contributed by atoms with Crippen LogP contribution in [0.3, 0.4) is 0 Å². The van der Waals surface area contributed by atoms with Crippen molar-refractivity contribution in [2.75, 3.05) is 0 Å². The van der Waals surface area contributed by atoms with Gasteiger partial charge in [-0.1, -0.05) is 29.8 Å². The Morgan fingerprint density at radius 1 is 1.35 bits per heavy atom. The van der Waals surface area contributed by atoms with Crippen LogP contribution >= 0.6 is 11.6 Å². The van der Waals surface area contributed by atoms with Gasteiger partial charge in [0.05, 0.1) is 17.6 Å². The molecule has 20 heavy (non-hydrogen) atoms. The topological polar surface area (TPSA) is 70.7 Å². The summed E-state index contributed by atoms with van der Waals surface area (Å²) in [6.07, 6.45) is 3.35. The van der Waals surface area contributed by atoms with Gasteiger partial charge in [-0.3, -0.25) is 4.79 Å². The minimum Gasteiger partial charge on any atom is -0.347 e. The maximum atomic E-state index is 12.3. The SMILES string of the molecule is O=C(NCc1ncc[nH]1)c1cc(Cl)nc2ccccc12. The average molecular weight is 287 g/mol. The normalized spacial score (nSPS) is 10.7. The first-order chi connectivity index (χ1) is 9.74. The van der Waals surface area contributed by atoms with E-state index in [1.165, 1.54) is 0 Å². The van der Waals surface area contributed by atoms with Crippen LogP contribution in [0.15, 0.2) is 42.7 Å². The molecule has 0 unspecified atom stereocenters. The lowest BCUT2D eigenvalue weighted by Gasteiger charge is -2.07. The molecule has 2 heterocycles. The van der Waals surface area contributed by atoms with Gasteiger partial charge in [-0.05, 0) is 12.1 Å². The molecule has 2 aromatic heterocycles. The van der Waals surface area contributed by atoms with Crippen LogP contribution in [0.1, 0.15) is 16.2 Å². The molecule has 3 aromatic rings. The molecule has 0 aliphatic rings. The zero-order chi connectivity index (χ0) is 13.9. The fraction of sp³-hybridized carbons (Fsp3) is 0.0714. The van der Waals surface area contributed by atoms with E-state index in [-0.39, 0.29) is 5.91 Å². The molecule has 3 rings (SSSR count). The molecule has 0 radical (unpaired) electrons. The lowest BCUT2D eigenvalue weighted by molar-refractivity contribution is 0.0951. The Kier molecular flexibility index (Phi) is 3.35. The van der Waals surface area contributed by atoms with Gasteiger partial charge in [-0.15, -0.1) is 0 Å². The highest BCUT2D eigenvalue weighted by Crippen LogP contribution is 2.20. The third-order valence-corrected chi connectivity index (χ3v) is 3.09. The molecule has 6 heteroatoms. The number of fused-ring (bicyclic) bond motifs is 1. The molecule has 2 N–H and O–H groups in total. The molecule has 1 aromatic carbocycles. The highest BCUT2D eigenvalue weighted by atomic mass is 35.5. The monoisotopic (exact) mass is 286 g/mol. The second-order valence-corrected chi connectivity index (χ2v) is 4.62. The number of carbonyl (C=O) groups is 1. The van der Waals surface area contributed by atoms with Gasteiger partial charge in [0.25, 0.3) is 5.91 Å². The molecule has 0 bridgehead atoms. The lowest BCUT2D eigenvalue weighted by Crippen LogP contribution is -2.23. The molecule has 5 nitrogen and oxygen atoms in total. The predicted octanol–water partition coefficient (Wildman–Crippen LogP) is 2.54. The maximum absolute atomic E-state index is 12.3. The Morgan fingerprint density at radius 3 is 3.00 bits per heavy atom. The molecule has 0 aliphatic heterocycles. The number of halogens is 1. The van der Waals surface area contributed by atoms with Crippen molar-refractivity contribution in [3.8, 4) is 0 Å². The number of aromatic nitrogens is 3. The van der Waals surface area contributed by atoms with Crippen LogP contribution in [-0.4, -0.2) is 20.9 Å². The number of carbonyl (C=O) groups excluding carboxylic acids is 1. The highest BCUT2D eigenvalue weighted by molar-refractivity contribution is 6.30. The number of rotatable bonds is 3. The van der Waals surface area contributed by atoms with Crippen LogP contribution < -0.4 is 5.32 Å². The van der Waals surface area contributed by atoms with E-state index in [9.17, 15) is 4.79 Å². The summed E-state index contributed by atoms with van der Waals surface area (Å²) in [7, 11) is 0. The van der Waals surface area contributed by atoms with Crippen LogP contribution in [0.4, 0.5) is 0 Å². The summed E-state index contributed by atoms with van der Waals surface area (Å²) in [5.41, 5.74) is 1.20. The number of pyridine rings is 1. The van der Waals surface area contributed by atoms with Gasteiger partial charge < -0.3 is 10.3 Å². The van der Waals surface area contributed by atoms with Gasteiger partial charge in [-0.25, -0.2) is 9.97 Å². The third-order valence-electron chi connectivity index (χ3n) is 2.90. The molecular weight excluding hydrogens is 276 g/mol. The van der Waals surface area contributed by atoms with Crippen LogP contribution in [0.2, 0.25) is 5.15 Å². The summed E-state index contributed by atoms with van der Waals surface area (Å²) in [4.78, 5) is 23.4. The summed E-state index contributed by atoms with van der Waals surface area (Å²) in [5, 5.41) is 3.87. The van der Waals surface area contributed by atoms with E-state index in [1.807, 2.05) is 24.3 Å².